The standard InChI is InChI=1S/C2HN4O2.Tl/c7-6(8)2-3-1-4-5-2;/h1H;/q-1;+1. The van der Waals surface area contributed by atoms with Crippen molar-refractivity contribution < 1.29 is 4.92 Å². The van der Waals surface area contributed by atoms with Crippen molar-refractivity contribution in [2.45, 2.75) is 0 Å². The molecule has 0 saturated heterocycles. The number of nitrogens with zero attached hydrogens (tertiary/aromatic N) is 4. The molecular weight excluding hydrogens is 316 g/mol. The Morgan fingerprint density at radius 2 is 2.56 bits per heavy atom. The third-order valence-corrected chi connectivity index (χ3v) is 1.63. The second kappa shape index (κ2) is 2.37. The number of nitro groups is 1. The maximum absolute atomic E-state index is 9.90. The Hall–Kier alpha value is -0.538. The molecule has 1 aromatic heterocycles. The van der Waals surface area contributed by atoms with Gasteiger partial charge >= 0.3 is 66.0 Å². The molecule has 0 saturated carbocycles. The van der Waals surface area contributed by atoms with Gasteiger partial charge in [-0.05, 0) is 0 Å². The van der Waals surface area contributed by atoms with Gasteiger partial charge in [-0.2, -0.15) is 0 Å². The van der Waals surface area contributed by atoms with Gasteiger partial charge in [-0.25, -0.2) is 0 Å². The Labute approximate surface area is 66.1 Å². The first-order valence-corrected chi connectivity index (χ1v) is 4.02. The van der Waals surface area contributed by atoms with Gasteiger partial charge in [-0.15, -0.1) is 0 Å². The molecule has 0 N–H and O–H groups in total. The van der Waals surface area contributed by atoms with E-state index in [9.17, 15) is 10.1 Å². The van der Waals surface area contributed by atoms with E-state index >= 15 is 0 Å². The fraction of sp³-hybridized carbons (Fsp3) is 0. The number of rotatable bonds is 1. The molecule has 0 aliphatic carbocycles. The van der Waals surface area contributed by atoms with Gasteiger partial charge < -0.3 is 0 Å². The molecule has 7 heteroatoms. The van der Waals surface area contributed by atoms with Gasteiger partial charge in [0.2, 0.25) is 0 Å². The van der Waals surface area contributed by atoms with E-state index in [4.69, 9.17) is 0 Å². The molecule has 0 radical (unpaired) electrons. The molecule has 0 unspecified atom stereocenters. The molecule has 0 aliphatic heterocycles. The average Bonchev–Trinajstić information content (AvgIpc) is 2.14. The van der Waals surface area contributed by atoms with Crippen molar-refractivity contribution in [1.29, 1.82) is 0 Å². The molecule has 0 spiro atoms. The van der Waals surface area contributed by atoms with Crippen LogP contribution in [0.5, 0.6) is 0 Å². The molecule has 0 bridgehead atoms. The molecular formula is C2HN4O2Tl. The van der Waals surface area contributed by atoms with Crippen molar-refractivity contribution in [3.8, 4) is 0 Å². The molecule has 1 rings (SSSR count). The maximum atomic E-state index is 9.90. The van der Waals surface area contributed by atoms with E-state index in [1.165, 1.54) is 8.82 Å². The molecule has 1 heterocycles. The van der Waals surface area contributed by atoms with Gasteiger partial charge in [-0.1, -0.05) is 0 Å². The van der Waals surface area contributed by atoms with E-state index in [-0.39, 0.29) is 5.95 Å². The van der Waals surface area contributed by atoms with Crippen LogP contribution >= 0.6 is 0 Å². The Balaban J connectivity index is 2.98. The van der Waals surface area contributed by atoms with Gasteiger partial charge in [0.1, 0.15) is 0 Å². The zero-order valence-corrected chi connectivity index (χ0v) is 8.75. The SMILES string of the molecule is O=[N+]([O-])c1nc[n]([Tl])n1. The van der Waals surface area contributed by atoms with E-state index in [1.807, 2.05) is 0 Å². The summed E-state index contributed by atoms with van der Waals surface area (Å²) in [4.78, 5) is 12.7. The fourth-order valence-corrected chi connectivity index (χ4v) is 1.01. The average molecular weight is 317 g/mol. The van der Waals surface area contributed by atoms with Crippen LogP contribution in [0.4, 0.5) is 5.95 Å². The van der Waals surface area contributed by atoms with Crippen molar-refractivity contribution in [1.82, 2.24) is 12.6 Å². The number of hydrogen-bond acceptors (Lipinski definition) is 4. The Kier molecular flexibility index (Phi) is 1.73. The number of aromatic nitrogens is 3. The van der Waals surface area contributed by atoms with Crippen molar-refractivity contribution in [3.05, 3.63) is 16.4 Å². The topological polar surface area (TPSA) is 73.8 Å². The van der Waals surface area contributed by atoms with Crippen LogP contribution in [0.3, 0.4) is 0 Å². The van der Waals surface area contributed by atoms with E-state index in [0.717, 1.165) is 0 Å². The van der Waals surface area contributed by atoms with E-state index in [0.29, 0.717) is 26.1 Å². The van der Waals surface area contributed by atoms with Crippen molar-refractivity contribution in [3.63, 3.8) is 0 Å². The summed E-state index contributed by atoms with van der Waals surface area (Å²) in [7, 11) is 0. The van der Waals surface area contributed by atoms with Gasteiger partial charge in [0.05, 0.1) is 0 Å². The van der Waals surface area contributed by atoms with Crippen LogP contribution in [-0.4, -0.2) is 43.6 Å². The third kappa shape index (κ3) is 1.43. The zero-order chi connectivity index (χ0) is 6.85. The summed E-state index contributed by atoms with van der Waals surface area (Å²) in [5, 5.41) is 13.4. The third-order valence-electron chi connectivity index (χ3n) is 0.660. The summed E-state index contributed by atoms with van der Waals surface area (Å²) in [6.45, 7) is 0. The fourth-order valence-electron chi connectivity index (χ4n) is 0.349. The molecule has 1 aromatic rings. The van der Waals surface area contributed by atoms with Crippen LogP contribution in [0.2, 0.25) is 0 Å². The summed E-state index contributed by atoms with van der Waals surface area (Å²) in [5.41, 5.74) is 0. The normalized spacial score (nSPS) is 9.22. The van der Waals surface area contributed by atoms with Crippen LogP contribution in [0.25, 0.3) is 0 Å². The number of hydrogen-bond donors (Lipinski definition) is 0. The Bertz CT molecular complexity index is 232. The zero-order valence-electron chi connectivity index (χ0n) is 4.26. The molecule has 6 nitrogen and oxygen atoms in total. The van der Waals surface area contributed by atoms with E-state index in [1.54, 1.807) is 0 Å². The van der Waals surface area contributed by atoms with Crippen LogP contribution in [0, 0.1) is 10.1 Å². The van der Waals surface area contributed by atoms with Crippen molar-refractivity contribution >= 4 is 32.0 Å². The minimum atomic E-state index is -0.612. The molecule has 0 aliphatic rings. The van der Waals surface area contributed by atoms with Gasteiger partial charge in [0, 0.05) is 0 Å². The summed E-state index contributed by atoms with van der Waals surface area (Å²) >= 11 is 0.441. The monoisotopic (exact) mass is 318 g/mol. The first-order chi connectivity index (χ1) is 4.20. The first-order valence-electron chi connectivity index (χ1n) is 2.01. The van der Waals surface area contributed by atoms with Crippen LogP contribution in [0.15, 0.2) is 6.33 Å². The van der Waals surface area contributed by atoms with Crippen LogP contribution in [-0.2, 0) is 0 Å². The van der Waals surface area contributed by atoms with Crippen molar-refractivity contribution in [2.75, 3.05) is 0 Å². The first kappa shape index (κ1) is 6.58. The Morgan fingerprint density at radius 1 is 1.89 bits per heavy atom. The second-order valence-electron chi connectivity index (χ2n) is 1.28. The van der Waals surface area contributed by atoms with Gasteiger partial charge in [0.15, 0.2) is 0 Å². The second-order valence-corrected chi connectivity index (χ2v) is 3.34. The van der Waals surface area contributed by atoms with E-state index in [2.05, 4.69) is 10.1 Å². The van der Waals surface area contributed by atoms with Gasteiger partial charge in [-0.3, -0.25) is 0 Å². The van der Waals surface area contributed by atoms with Gasteiger partial charge in [0.25, 0.3) is 0 Å². The molecule has 9 heavy (non-hydrogen) atoms. The molecule has 0 amide bonds. The van der Waals surface area contributed by atoms with Crippen LogP contribution in [0.1, 0.15) is 0 Å². The summed E-state index contributed by atoms with van der Waals surface area (Å²) in [5.74, 6) is -0.322. The van der Waals surface area contributed by atoms with E-state index < -0.39 is 4.92 Å². The summed E-state index contributed by atoms with van der Waals surface area (Å²) in [6, 6.07) is 0. The Morgan fingerprint density at radius 3 is 2.78 bits per heavy atom. The quantitative estimate of drug-likeness (QED) is 0.383. The van der Waals surface area contributed by atoms with Crippen molar-refractivity contribution in [2.24, 2.45) is 0 Å². The predicted octanol–water partition coefficient (Wildman–Crippen LogP) is -0.882. The summed E-state index contributed by atoms with van der Waals surface area (Å²) < 4.78 is 1.44. The molecule has 44 valence electrons. The van der Waals surface area contributed by atoms with Crippen LogP contribution < -0.4 is 0 Å². The minimum absolute atomic E-state index is 0.322. The predicted molar refractivity (Wildman–Crippen MR) is 27.8 cm³/mol. The summed E-state index contributed by atoms with van der Waals surface area (Å²) in [6.07, 6.45) is 1.35. The molecule has 0 fully saturated rings. The molecule has 0 aromatic carbocycles. The molecule has 0 atom stereocenters.